The van der Waals surface area contributed by atoms with E-state index in [4.69, 9.17) is 0 Å². The van der Waals surface area contributed by atoms with Crippen LogP contribution in [-0.2, 0) is 0 Å². The fourth-order valence-corrected chi connectivity index (χ4v) is 4.11. The first-order chi connectivity index (χ1) is 13.3. The quantitative estimate of drug-likeness (QED) is 0.897. The summed E-state index contributed by atoms with van der Waals surface area (Å²) in [4.78, 5) is 21.5. The highest BCUT2D eigenvalue weighted by Gasteiger charge is 2.23. The van der Waals surface area contributed by atoms with Crippen LogP contribution in [0.4, 0.5) is 11.4 Å². The van der Waals surface area contributed by atoms with Crippen molar-refractivity contribution in [1.29, 1.82) is 0 Å². The lowest BCUT2D eigenvalue weighted by atomic mass is 9.95. The van der Waals surface area contributed by atoms with Crippen LogP contribution in [0.5, 0.6) is 0 Å². The van der Waals surface area contributed by atoms with Crippen molar-refractivity contribution in [3.63, 3.8) is 0 Å². The Morgan fingerprint density at radius 2 is 1.70 bits per heavy atom. The molecule has 1 aromatic carbocycles. The second kappa shape index (κ2) is 8.42. The molecule has 5 nitrogen and oxygen atoms in total. The van der Waals surface area contributed by atoms with Gasteiger partial charge in [0, 0.05) is 50.3 Å². The van der Waals surface area contributed by atoms with E-state index >= 15 is 0 Å². The molecule has 0 spiro atoms. The fraction of sp³-hybridized carbons (Fsp3) is 0.455. The molecule has 2 heterocycles. The van der Waals surface area contributed by atoms with Crippen LogP contribution in [0.2, 0.25) is 0 Å². The van der Waals surface area contributed by atoms with Crippen molar-refractivity contribution in [2.45, 2.75) is 38.1 Å². The monoisotopic (exact) mass is 364 g/mol. The first-order valence-electron chi connectivity index (χ1n) is 10.1. The number of hydrogen-bond acceptors (Lipinski definition) is 4. The molecule has 4 rings (SSSR count). The molecule has 2 aromatic rings. The summed E-state index contributed by atoms with van der Waals surface area (Å²) < 4.78 is 0. The van der Waals surface area contributed by atoms with Gasteiger partial charge in [0.05, 0.1) is 11.3 Å². The zero-order chi connectivity index (χ0) is 18.5. The zero-order valence-electron chi connectivity index (χ0n) is 15.8. The zero-order valence-corrected chi connectivity index (χ0v) is 15.8. The number of nitrogens with one attached hydrogen (secondary N) is 1. The Kier molecular flexibility index (Phi) is 5.56. The minimum Gasteiger partial charge on any atom is -0.381 e. The van der Waals surface area contributed by atoms with Crippen molar-refractivity contribution in [3.05, 3.63) is 54.4 Å². The molecule has 0 unspecified atom stereocenters. The summed E-state index contributed by atoms with van der Waals surface area (Å²) in [6, 6.07) is 12.9. The Balaban J connectivity index is 1.36. The van der Waals surface area contributed by atoms with E-state index in [-0.39, 0.29) is 5.91 Å². The van der Waals surface area contributed by atoms with Crippen molar-refractivity contribution in [2.75, 3.05) is 36.4 Å². The van der Waals surface area contributed by atoms with Crippen LogP contribution in [0.25, 0.3) is 0 Å². The molecule has 1 aromatic heterocycles. The molecule has 1 saturated carbocycles. The topological polar surface area (TPSA) is 48.5 Å². The molecule has 0 radical (unpaired) electrons. The molecule has 1 aliphatic carbocycles. The van der Waals surface area contributed by atoms with Crippen LogP contribution < -0.4 is 10.2 Å². The molecule has 142 valence electrons. The molecule has 0 bridgehead atoms. The van der Waals surface area contributed by atoms with Crippen molar-refractivity contribution in [2.24, 2.45) is 0 Å². The molecule has 27 heavy (non-hydrogen) atoms. The van der Waals surface area contributed by atoms with E-state index in [1.54, 1.807) is 6.20 Å². The van der Waals surface area contributed by atoms with Crippen molar-refractivity contribution in [3.8, 4) is 0 Å². The number of carbonyl (C=O) groups is 1. The average molecular weight is 364 g/mol. The van der Waals surface area contributed by atoms with Gasteiger partial charge in [-0.05, 0) is 31.0 Å². The molecule has 0 atom stereocenters. The largest absolute Gasteiger partial charge is 0.381 e. The molecule has 1 N–H and O–H groups in total. The Morgan fingerprint density at radius 3 is 2.44 bits per heavy atom. The van der Waals surface area contributed by atoms with Crippen LogP contribution >= 0.6 is 0 Å². The van der Waals surface area contributed by atoms with E-state index < -0.39 is 0 Å². The van der Waals surface area contributed by atoms with Crippen LogP contribution in [0.3, 0.4) is 0 Å². The summed E-state index contributed by atoms with van der Waals surface area (Å²) in [5, 5.41) is 3.57. The lowest BCUT2D eigenvalue weighted by Crippen LogP contribution is -2.48. The smallest absolute Gasteiger partial charge is 0.255 e. The SMILES string of the molecule is O=C(c1cncc(NC2CCCCC2)c1)N1CCN(c2ccccc2)CC1. The number of hydrogen-bond donors (Lipinski definition) is 1. The van der Waals surface area contributed by atoms with Gasteiger partial charge in [-0.1, -0.05) is 37.5 Å². The van der Waals surface area contributed by atoms with Gasteiger partial charge in [-0.15, -0.1) is 0 Å². The lowest BCUT2D eigenvalue weighted by molar-refractivity contribution is 0.0746. The number of anilines is 2. The third-order valence-electron chi connectivity index (χ3n) is 5.65. The summed E-state index contributed by atoms with van der Waals surface area (Å²) in [5.74, 6) is 0.0857. The maximum atomic E-state index is 12.9. The van der Waals surface area contributed by atoms with Crippen molar-refractivity contribution < 1.29 is 4.79 Å². The third kappa shape index (κ3) is 4.41. The molecular weight excluding hydrogens is 336 g/mol. The van der Waals surface area contributed by atoms with E-state index in [1.165, 1.54) is 37.8 Å². The second-order valence-corrected chi connectivity index (χ2v) is 7.56. The van der Waals surface area contributed by atoms with E-state index in [9.17, 15) is 4.79 Å². The molecule has 1 saturated heterocycles. The first kappa shape index (κ1) is 17.8. The van der Waals surface area contributed by atoms with Crippen LogP contribution in [-0.4, -0.2) is 48.0 Å². The maximum absolute atomic E-state index is 12.9. The number of amides is 1. The average Bonchev–Trinajstić information content (AvgIpc) is 2.75. The molecule has 5 heteroatoms. The highest BCUT2D eigenvalue weighted by molar-refractivity contribution is 5.95. The standard InChI is InChI=1S/C22H28N4O/c27-22(26-13-11-25(12-14-26)21-9-5-2-6-10-21)18-15-20(17-23-16-18)24-19-7-3-1-4-8-19/h2,5-6,9-10,15-17,19,24H,1,3-4,7-8,11-14H2. The number of carbonyl (C=O) groups excluding carboxylic acids is 1. The molecule has 1 aliphatic heterocycles. The second-order valence-electron chi connectivity index (χ2n) is 7.56. The van der Waals surface area contributed by atoms with E-state index in [2.05, 4.69) is 39.5 Å². The van der Waals surface area contributed by atoms with Crippen LogP contribution in [0, 0.1) is 0 Å². The minimum atomic E-state index is 0.0857. The van der Waals surface area contributed by atoms with Gasteiger partial charge < -0.3 is 15.1 Å². The third-order valence-corrected chi connectivity index (χ3v) is 5.65. The predicted molar refractivity (Wildman–Crippen MR) is 109 cm³/mol. The number of aromatic nitrogens is 1. The number of rotatable bonds is 4. The Morgan fingerprint density at radius 1 is 0.963 bits per heavy atom. The number of pyridine rings is 1. The molecule has 1 amide bonds. The van der Waals surface area contributed by atoms with Gasteiger partial charge in [0.15, 0.2) is 0 Å². The predicted octanol–water partition coefficient (Wildman–Crippen LogP) is 3.79. The van der Waals surface area contributed by atoms with Crippen LogP contribution in [0.1, 0.15) is 42.5 Å². The van der Waals surface area contributed by atoms with Gasteiger partial charge >= 0.3 is 0 Å². The number of piperazine rings is 1. The van der Waals surface area contributed by atoms with Crippen molar-refractivity contribution >= 4 is 17.3 Å². The normalized spacial score (nSPS) is 18.4. The lowest BCUT2D eigenvalue weighted by Gasteiger charge is -2.36. The van der Waals surface area contributed by atoms with E-state index in [0.717, 1.165) is 31.9 Å². The van der Waals surface area contributed by atoms with Gasteiger partial charge in [0.25, 0.3) is 5.91 Å². The first-order valence-corrected chi connectivity index (χ1v) is 10.1. The van der Waals surface area contributed by atoms with Crippen LogP contribution in [0.15, 0.2) is 48.8 Å². The Labute approximate surface area is 161 Å². The summed E-state index contributed by atoms with van der Waals surface area (Å²) in [7, 11) is 0. The molecular formula is C22H28N4O. The minimum absolute atomic E-state index is 0.0857. The highest BCUT2D eigenvalue weighted by Crippen LogP contribution is 2.22. The summed E-state index contributed by atoms with van der Waals surface area (Å²) >= 11 is 0. The van der Waals surface area contributed by atoms with E-state index in [0.29, 0.717) is 11.6 Å². The molecule has 2 fully saturated rings. The highest BCUT2D eigenvalue weighted by atomic mass is 16.2. The number of nitrogens with zero attached hydrogens (tertiary/aromatic N) is 3. The summed E-state index contributed by atoms with van der Waals surface area (Å²) in [6.45, 7) is 3.22. The van der Waals surface area contributed by atoms with Gasteiger partial charge in [0.2, 0.25) is 0 Å². The summed E-state index contributed by atoms with van der Waals surface area (Å²) in [5.41, 5.74) is 2.88. The Hall–Kier alpha value is -2.56. The van der Waals surface area contributed by atoms with Gasteiger partial charge in [-0.3, -0.25) is 9.78 Å². The maximum Gasteiger partial charge on any atom is 0.255 e. The van der Waals surface area contributed by atoms with Gasteiger partial charge in [-0.2, -0.15) is 0 Å². The van der Waals surface area contributed by atoms with E-state index in [1.807, 2.05) is 23.2 Å². The summed E-state index contributed by atoms with van der Waals surface area (Å²) in [6.07, 6.45) is 9.85. The van der Waals surface area contributed by atoms with Gasteiger partial charge in [-0.25, -0.2) is 0 Å². The molecule has 2 aliphatic rings. The number of para-hydroxylation sites is 1. The fourth-order valence-electron chi connectivity index (χ4n) is 4.11. The van der Waals surface area contributed by atoms with Gasteiger partial charge in [0.1, 0.15) is 0 Å². The van der Waals surface area contributed by atoms with Crippen molar-refractivity contribution in [1.82, 2.24) is 9.88 Å². The number of benzene rings is 1. The Bertz CT molecular complexity index is 750.